The molecule has 0 radical (unpaired) electrons. The van der Waals surface area contributed by atoms with E-state index in [1.807, 2.05) is 41.8 Å². The van der Waals surface area contributed by atoms with Crippen LogP contribution < -0.4 is 5.32 Å². The Hall–Kier alpha value is -2.20. The first-order chi connectivity index (χ1) is 14.2. The van der Waals surface area contributed by atoms with Crippen LogP contribution in [0.25, 0.3) is 0 Å². The van der Waals surface area contributed by atoms with Crippen molar-refractivity contribution in [3.63, 3.8) is 0 Å². The number of thioether (sulfide) groups is 1. The van der Waals surface area contributed by atoms with Crippen LogP contribution in [0.3, 0.4) is 0 Å². The summed E-state index contributed by atoms with van der Waals surface area (Å²) in [7, 11) is 0. The molecule has 7 nitrogen and oxygen atoms in total. The van der Waals surface area contributed by atoms with E-state index in [0.717, 1.165) is 29.3 Å². The van der Waals surface area contributed by atoms with Gasteiger partial charge in [-0.25, -0.2) is 4.99 Å². The van der Waals surface area contributed by atoms with Crippen molar-refractivity contribution in [2.45, 2.75) is 6.54 Å². The summed E-state index contributed by atoms with van der Waals surface area (Å²) in [6.45, 7) is 3.82. The van der Waals surface area contributed by atoms with Gasteiger partial charge < -0.3 is 10.1 Å². The van der Waals surface area contributed by atoms with Gasteiger partial charge in [0, 0.05) is 23.7 Å². The number of carbonyl (C=O) groups is 2. The predicted molar refractivity (Wildman–Crippen MR) is 117 cm³/mol. The Labute approximate surface area is 177 Å². The summed E-state index contributed by atoms with van der Waals surface area (Å²) in [5.41, 5.74) is 1.49. The molecule has 0 unspecified atom stereocenters. The lowest BCUT2D eigenvalue weighted by molar-refractivity contribution is -0.124. The van der Waals surface area contributed by atoms with Gasteiger partial charge in [-0.1, -0.05) is 17.8 Å². The highest BCUT2D eigenvalue weighted by molar-refractivity contribution is 8.15. The summed E-state index contributed by atoms with van der Waals surface area (Å²) in [4.78, 5) is 34.0. The number of nitrogens with zero attached hydrogens (tertiary/aromatic N) is 3. The molecule has 2 aromatic rings. The molecule has 0 spiro atoms. The van der Waals surface area contributed by atoms with Crippen LogP contribution in [0.15, 0.2) is 46.8 Å². The van der Waals surface area contributed by atoms with Gasteiger partial charge in [-0.15, -0.1) is 11.3 Å². The molecule has 2 saturated heterocycles. The summed E-state index contributed by atoms with van der Waals surface area (Å²) in [6.07, 6.45) is 0. The van der Waals surface area contributed by atoms with Gasteiger partial charge in [-0.3, -0.25) is 19.4 Å². The van der Waals surface area contributed by atoms with Crippen LogP contribution in [0.5, 0.6) is 0 Å². The van der Waals surface area contributed by atoms with E-state index in [1.54, 1.807) is 16.2 Å². The number of amides is 2. The predicted octanol–water partition coefficient (Wildman–Crippen LogP) is 2.78. The molecule has 29 heavy (non-hydrogen) atoms. The van der Waals surface area contributed by atoms with Crippen LogP contribution in [0.1, 0.15) is 4.88 Å². The fourth-order valence-corrected chi connectivity index (χ4v) is 4.68. The van der Waals surface area contributed by atoms with Gasteiger partial charge >= 0.3 is 0 Å². The molecule has 9 heteroatoms. The summed E-state index contributed by atoms with van der Waals surface area (Å²) in [5, 5.41) is 5.64. The number of rotatable bonds is 6. The molecule has 3 heterocycles. The van der Waals surface area contributed by atoms with Crippen molar-refractivity contribution in [3.05, 3.63) is 46.7 Å². The van der Waals surface area contributed by atoms with Crippen LogP contribution in [0.4, 0.5) is 11.4 Å². The summed E-state index contributed by atoms with van der Waals surface area (Å²) < 4.78 is 5.30. The first-order valence-corrected chi connectivity index (χ1v) is 11.3. The topological polar surface area (TPSA) is 74.2 Å². The number of morpholine rings is 1. The Bertz CT molecular complexity index is 878. The van der Waals surface area contributed by atoms with Crippen molar-refractivity contribution < 1.29 is 14.3 Å². The van der Waals surface area contributed by atoms with Gasteiger partial charge in [0.1, 0.15) is 0 Å². The van der Waals surface area contributed by atoms with Gasteiger partial charge in [0.2, 0.25) is 11.8 Å². The quantitative estimate of drug-likeness (QED) is 0.763. The van der Waals surface area contributed by atoms with Crippen molar-refractivity contribution in [1.29, 1.82) is 0 Å². The lowest BCUT2D eigenvalue weighted by atomic mass is 10.3. The first-order valence-electron chi connectivity index (χ1n) is 9.41. The van der Waals surface area contributed by atoms with E-state index in [9.17, 15) is 9.59 Å². The largest absolute Gasteiger partial charge is 0.379 e. The molecule has 0 bridgehead atoms. The molecule has 152 valence electrons. The molecular formula is C20H22N4O3S2. The van der Waals surface area contributed by atoms with E-state index in [2.05, 4.69) is 15.2 Å². The third kappa shape index (κ3) is 5.45. The van der Waals surface area contributed by atoms with Gasteiger partial charge in [0.05, 0.1) is 37.7 Å². The highest BCUT2D eigenvalue weighted by Gasteiger charge is 2.28. The molecule has 1 aromatic carbocycles. The third-order valence-corrected chi connectivity index (χ3v) is 6.42. The van der Waals surface area contributed by atoms with Crippen molar-refractivity contribution in [2.24, 2.45) is 4.99 Å². The Morgan fingerprint density at radius 1 is 1.17 bits per heavy atom. The number of hydrogen-bond donors (Lipinski definition) is 1. The number of anilines is 1. The molecule has 2 fully saturated rings. The smallest absolute Gasteiger partial charge is 0.239 e. The Balaban J connectivity index is 1.36. The van der Waals surface area contributed by atoms with Crippen LogP contribution in [0.2, 0.25) is 0 Å². The lowest BCUT2D eigenvalue weighted by Gasteiger charge is -2.25. The van der Waals surface area contributed by atoms with E-state index in [1.165, 1.54) is 11.8 Å². The molecule has 1 aromatic heterocycles. The number of ether oxygens (including phenoxy) is 1. The van der Waals surface area contributed by atoms with Crippen LogP contribution in [-0.2, 0) is 20.9 Å². The zero-order chi connectivity index (χ0) is 20.1. The number of nitrogens with one attached hydrogen (secondary N) is 1. The maximum Gasteiger partial charge on any atom is 0.239 e. The summed E-state index contributed by atoms with van der Waals surface area (Å²) in [5.74, 6) is 0.457. The number of carbonyl (C=O) groups excluding carboxylic acids is 2. The van der Waals surface area contributed by atoms with Crippen LogP contribution in [-0.4, -0.2) is 65.4 Å². The van der Waals surface area contributed by atoms with E-state index < -0.39 is 0 Å². The highest BCUT2D eigenvalue weighted by atomic mass is 32.2. The summed E-state index contributed by atoms with van der Waals surface area (Å²) >= 11 is 3.09. The maximum absolute atomic E-state index is 12.2. The molecule has 2 aliphatic rings. The minimum absolute atomic E-state index is 0.0370. The monoisotopic (exact) mass is 430 g/mol. The zero-order valence-corrected chi connectivity index (χ0v) is 17.5. The zero-order valence-electron chi connectivity index (χ0n) is 15.9. The minimum Gasteiger partial charge on any atom is -0.379 e. The van der Waals surface area contributed by atoms with Crippen molar-refractivity contribution in [1.82, 2.24) is 9.80 Å². The van der Waals surface area contributed by atoms with Gasteiger partial charge in [-0.2, -0.15) is 0 Å². The van der Waals surface area contributed by atoms with Crippen LogP contribution in [0, 0.1) is 0 Å². The molecule has 0 atom stereocenters. The average Bonchev–Trinajstić information content (AvgIpc) is 3.36. The van der Waals surface area contributed by atoms with Gasteiger partial charge in [0.15, 0.2) is 5.17 Å². The second-order valence-corrected chi connectivity index (χ2v) is 8.70. The maximum atomic E-state index is 12.2. The van der Waals surface area contributed by atoms with Crippen molar-refractivity contribution >= 4 is 51.5 Å². The Kier molecular flexibility index (Phi) is 6.60. The molecule has 0 saturated carbocycles. The van der Waals surface area contributed by atoms with E-state index in [4.69, 9.17) is 4.74 Å². The fraction of sp³-hybridized carbons (Fsp3) is 0.350. The van der Waals surface area contributed by atoms with E-state index in [-0.39, 0.29) is 11.8 Å². The number of thiophene rings is 1. The molecule has 0 aliphatic carbocycles. The SMILES string of the molecule is O=C(CN1CCOCC1)Nc1ccc(N=C2SCC(=O)N2Cc2cccs2)cc1. The van der Waals surface area contributed by atoms with Crippen molar-refractivity contribution in [2.75, 3.05) is 43.9 Å². The number of aliphatic imine (C=N–C) groups is 1. The normalized spacial score (nSPS) is 19.1. The Morgan fingerprint density at radius 3 is 2.69 bits per heavy atom. The first kappa shape index (κ1) is 20.1. The number of hydrogen-bond acceptors (Lipinski definition) is 7. The molecule has 2 amide bonds. The average molecular weight is 431 g/mol. The molecule has 4 rings (SSSR count). The molecule has 1 N–H and O–H groups in total. The standard InChI is InChI=1S/C20H22N4O3S2/c25-18(13-23-7-9-27-10-8-23)21-15-3-5-16(6-4-15)22-20-24(19(26)14-29-20)12-17-2-1-11-28-17/h1-6,11H,7-10,12-14H2,(H,21,25). The second-order valence-electron chi connectivity index (χ2n) is 6.73. The molecular weight excluding hydrogens is 408 g/mol. The lowest BCUT2D eigenvalue weighted by Crippen LogP contribution is -2.41. The van der Waals surface area contributed by atoms with E-state index in [0.29, 0.717) is 37.2 Å². The van der Waals surface area contributed by atoms with Gasteiger partial charge in [-0.05, 0) is 35.7 Å². The highest BCUT2D eigenvalue weighted by Crippen LogP contribution is 2.27. The summed E-state index contributed by atoms with van der Waals surface area (Å²) in [6, 6.07) is 11.4. The Morgan fingerprint density at radius 2 is 1.97 bits per heavy atom. The minimum atomic E-state index is -0.0370. The van der Waals surface area contributed by atoms with Gasteiger partial charge in [0.25, 0.3) is 0 Å². The third-order valence-electron chi connectivity index (χ3n) is 4.60. The fourth-order valence-electron chi connectivity index (χ4n) is 3.09. The second kappa shape index (κ2) is 9.53. The van der Waals surface area contributed by atoms with Crippen LogP contribution >= 0.6 is 23.1 Å². The molecule has 2 aliphatic heterocycles. The van der Waals surface area contributed by atoms with E-state index >= 15 is 0 Å². The number of amidine groups is 1. The number of benzene rings is 1. The van der Waals surface area contributed by atoms with Crippen molar-refractivity contribution in [3.8, 4) is 0 Å².